The number of unbranched alkanes of at least 4 members (excludes halogenated alkanes) is 1. The van der Waals surface area contributed by atoms with E-state index in [1.165, 1.54) is 12.0 Å². The van der Waals surface area contributed by atoms with Crippen LogP contribution in [0.2, 0.25) is 0 Å². The van der Waals surface area contributed by atoms with Gasteiger partial charge in [-0.05, 0) is 50.8 Å². The van der Waals surface area contributed by atoms with Gasteiger partial charge in [0.2, 0.25) is 0 Å². The van der Waals surface area contributed by atoms with E-state index in [-0.39, 0.29) is 18.0 Å². The van der Waals surface area contributed by atoms with Crippen LogP contribution < -0.4 is 9.47 Å². The summed E-state index contributed by atoms with van der Waals surface area (Å²) in [6.07, 6.45) is 7.71. The van der Waals surface area contributed by atoms with Gasteiger partial charge < -0.3 is 14.4 Å². The molecule has 2 aromatic carbocycles. The first-order valence-corrected chi connectivity index (χ1v) is 13.5. The first-order chi connectivity index (χ1) is 17.6. The Morgan fingerprint density at radius 1 is 1.00 bits per heavy atom. The number of carbonyl (C=O) groups is 1. The van der Waals surface area contributed by atoms with E-state index in [1.54, 1.807) is 0 Å². The number of benzene rings is 2. The summed E-state index contributed by atoms with van der Waals surface area (Å²) in [5.41, 5.74) is 5.68. The maximum absolute atomic E-state index is 13.8. The molecule has 2 heterocycles. The van der Waals surface area contributed by atoms with Crippen LogP contribution in [0.1, 0.15) is 92.0 Å². The molecule has 1 unspecified atom stereocenters. The molecule has 36 heavy (non-hydrogen) atoms. The zero-order valence-corrected chi connectivity index (χ0v) is 21.7. The lowest BCUT2D eigenvalue weighted by atomic mass is 9.90. The van der Waals surface area contributed by atoms with Crippen molar-refractivity contribution in [2.75, 3.05) is 13.2 Å². The van der Waals surface area contributed by atoms with Crippen molar-refractivity contribution in [3.63, 3.8) is 0 Å². The van der Waals surface area contributed by atoms with Gasteiger partial charge in [0.25, 0.3) is 5.91 Å². The summed E-state index contributed by atoms with van der Waals surface area (Å²) in [5.74, 6) is 1.54. The van der Waals surface area contributed by atoms with Crippen LogP contribution in [0.25, 0.3) is 11.3 Å². The van der Waals surface area contributed by atoms with Crippen LogP contribution >= 0.6 is 0 Å². The first-order valence-electron chi connectivity index (χ1n) is 13.5. The molecule has 6 heteroatoms. The normalized spacial score (nSPS) is 17.9. The molecule has 0 bridgehead atoms. The number of nitrogens with zero attached hydrogens (tertiary/aromatic N) is 2. The predicted octanol–water partition coefficient (Wildman–Crippen LogP) is 6.84. The van der Waals surface area contributed by atoms with E-state index < -0.39 is 0 Å². The molecule has 190 valence electrons. The second-order valence-electron chi connectivity index (χ2n) is 9.97. The van der Waals surface area contributed by atoms with Crippen LogP contribution in [0, 0.1) is 6.92 Å². The Morgan fingerprint density at radius 3 is 2.50 bits per heavy atom. The number of fused-ring (bicyclic) bond motifs is 1. The highest BCUT2D eigenvalue weighted by molar-refractivity contribution is 6.00. The topological polar surface area (TPSA) is 67.5 Å². The third-order valence-electron chi connectivity index (χ3n) is 7.44. The number of rotatable bonds is 9. The summed E-state index contributed by atoms with van der Waals surface area (Å²) in [6.45, 7) is 7.43. The van der Waals surface area contributed by atoms with Gasteiger partial charge in [0.05, 0.1) is 24.9 Å². The molecule has 1 fully saturated rings. The number of hydrogen-bond acceptors (Lipinski definition) is 4. The van der Waals surface area contributed by atoms with Gasteiger partial charge in [0.15, 0.2) is 11.5 Å². The quantitative estimate of drug-likeness (QED) is 0.336. The molecule has 1 aromatic heterocycles. The number of ether oxygens (including phenoxy) is 2. The second-order valence-corrected chi connectivity index (χ2v) is 9.97. The Bertz CT molecular complexity index is 1190. The van der Waals surface area contributed by atoms with E-state index in [0.29, 0.717) is 18.9 Å². The Labute approximate surface area is 214 Å². The largest absolute Gasteiger partial charge is 0.490 e. The van der Waals surface area contributed by atoms with E-state index in [1.807, 2.05) is 13.0 Å². The summed E-state index contributed by atoms with van der Waals surface area (Å²) < 4.78 is 12.1. The molecule has 0 saturated heterocycles. The molecule has 1 saturated carbocycles. The third kappa shape index (κ3) is 4.61. The minimum Gasteiger partial charge on any atom is -0.490 e. The third-order valence-corrected chi connectivity index (χ3v) is 7.44. The summed E-state index contributed by atoms with van der Waals surface area (Å²) >= 11 is 0. The van der Waals surface area contributed by atoms with Crippen molar-refractivity contribution in [2.45, 2.75) is 77.8 Å². The van der Waals surface area contributed by atoms with Crippen LogP contribution in [0.3, 0.4) is 0 Å². The summed E-state index contributed by atoms with van der Waals surface area (Å²) in [7, 11) is 0. The minimum atomic E-state index is -0.213. The molecule has 2 aliphatic rings. The van der Waals surface area contributed by atoms with Crippen molar-refractivity contribution < 1.29 is 14.3 Å². The highest BCUT2D eigenvalue weighted by atomic mass is 16.5. The van der Waals surface area contributed by atoms with Crippen molar-refractivity contribution in [1.82, 2.24) is 15.1 Å². The van der Waals surface area contributed by atoms with Gasteiger partial charge in [-0.3, -0.25) is 9.89 Å². The molecular formula is C30H37N3O3. The van der Waals surface area contributed by atoms with E-state index in [0.717, 1.165) is 72.4 Å². The fraction of sp³-hybridized carbons (Fsp3) is 0.467. The molecule has 5 rings (SSSR count). The van der Waals surface area contributed by atoms with Gasteiger partial charge in [-0.2, -0.15) is 5.10 Å². The van der Waals surface area contributed by atoms with Gasteiger partial charge in [-0.25, -0.2) is 0 Å². The van der Waals surface area contributed by atoms with E-state index >= 15 is 0 Å². The van der Waals surface area contributed by atoms with Gasteiger partial charge >= 0.3 is 0 Å². The lowest BCUT2D eigenvalue weighted by Gasteiger charge is -2.36. The van der Waals surface area contributed by atoms with Gasteiger partial charge in [0.1, 0.15) is 5.69 Å². The number of amides is 1. The maximum Gasteiger partial charge on any atom is 0.273 e. The molecule has 6 nitrogen and oxygen atoms in total. The fourth-order valence-corrected chi connectivity index (χ4v) is 5.57. The minimum absolute atomic E-state index is 0.0500. The summed E-state index contributed by atoms with van der Waals surface area (Å²) in [6, 6.07) is 14.5. The number of nitrogens with one attached hydrogen (secondary N) is 1. The maximum atomic E-state index is 13.8. The molecule has 1 amide bonds. The average molecular weight is 488 g/mol. The fourth-order valence-electron chi connectivity index (χ4n) is 5.57. The number of aromatic amines is 1. The molecule has 0 spiro atoms. The zero-order valence-electron chi connectivity index (χ0n) is 21.7. The predicted molar refractivity (Wildman–Crippen MR) is 142 cm³/mol. The Balaban J connectivity index is 1.60. The van der Waals surface area contributed by atoms with Crippen molar-refractivity contribution >= 4 is 5.91 Å². The Morgan fingerprint density at radius 2 is 1.78 bits per heavy atom. The number of carbonyl (C=O) groups excluding carboxylic acids is 1. The molecule has 3 aromatic rings. The SMILES string of the molecule is CCCCOc1ccc(C2c3c(-c4ccc(C)cc4)n[nH]c3C(=O)N2C2CCCCC2)cc1OCC. The van der Waals surface area contributed by atoms with Crippen molar-refractivity contribution in [1.29, 1.82) is 0 Å². The Kier molecular flexibility index (Phi) is 7.30. The van der Waals surface area contributed by atoms with Crippen molar-refractivity contribution in [2.24, 2.45) is 0 Å². The van der Waals surface area contributed by atoms with E-state index in [9.17, 15) is 4.79 Å². The van der Waals surface area contributed by atoms with Crippen LogP contribution in [0.4, 0.5) is 0 Å². The lowest BCUT2D eigenvalue weighted by Crippen LogP contribution is -2.40. The second kappa shape index (κ2) is 10.8. The first kappa shape index (κ1) is 24.4. The van der Waals surface area contributed by atoms with Gasteiger partial charge in [-0.15, -0.1) is 0 Å². The van der Waals surface area contributed by atoms with Gasteiger partial charge in [0, 0.05) is 17.2 Å². The number of aromatic nitrogens is 2. The van der Waals surface area contributed by atoms with Crippen LogP contribution in [0.15, 0.2) is 42.5 Å². The van der Waals surface area contributed by atoms with Crippen LogP contribution in [-0.4, -0.2) is 40.3 Å². The van der Waals surface area contributed by atoms with E-state index in [4.69, 9.17) is 9.47 Å². The number of hydrogen-bond donors (Lipinski definition) is 1. The van der Waals surface area contributed by atoms with Crippen LogP contribution in [-0.2, 0) is 0 Å². The Hall–Kier alpha value is -3.28. The van der Waals surface area contributed by atoms with Crippen molar-refractivity contribution in [3.05, 3.63) is 64.8 Å². The van der Waals surface area contributed by atoms with Crippen molar-refractivity contribution in [3.8, 4) is 22.8 Å². The molecule has 0 radical (unpaired) electrons. The molecule has 1 aliphatic heterocycles. The van der Waals surface area contributed by atoms with Gasteiger partial charge in [-0.1, -0.05) is 68.5 Å². The molecule has 1 N–H and O–H groups in total. The monoisotopic (exact) mass is 487 g/mol. The lowest BCUT2D eigenvalue weighted by molar-refractivity contribution is 0.0605. The highest BCUT2D eigenvalue weighted by Gasteiger charge is 2.45. The average Bonchev–Trinajstić information content (AvgIpc) is 3.45. The highest BCUT2D eigenvalue weighted by Crippen LogP contribution is 2.47. The standard InChI is InChI=1S/C30H37N3O3/c1-4-6-18-36-24-17-16-22(19-25(24)35-5-2)29-26-27(21-14-12-20(3)13-15-21)31-32-28(26)30(34)33(29)23-10-8-7-9-11-23/h12-17,19,23,29H,4-11,18H2,1-3H3,(H,31,32). The summed E-state index contributed by atoms with van der Waals surface area (Å²) in [4.78, 5) is 15.9. The molecular weight excluding hydrogens is 450 g/mol. The smallest absolute Gasteiger partial charge is 0.273 e. The van der Waals surface area contributed by atoms with Crippen LogP contribution in [0.5, 0.6) is 11.5 Å². The molecule has 1 atom stereocenters. The molecule has 1 aliphatic carbocycles. The zero-order chi connectivity index (χ0) is 25.1. The van der Waals surface area contributed by atoms with E-state index in [2.05, 4.69) is 65.3 Å². The number of aryl methyl sites for hydroxylation is 1. The summed E-state index contributed by atoms with van der Waals surface area (Å²) in [5, 5.41) is 7.75. The number of H-pyrrole nitrogens is 1.